The Morgan fingerprint density at radius 2 is 0.223 bits per heavy atom. The molecule has 15 rings (SSSR count). The summed E-state index contributed by atoms with van der Waals surface area (Å²) in [7, 11) is 0. The first-order valence-electron chi connectivity index (χ1n) is 49.9. The van der Waals surface area contributed by atoms with E-state index in [-0.39, 0.29) is 0 Å². The molecule has 700 valence electrons. The molecule has 15 aromatic carbocycles. The molecule has 0 atom stereocenters. The Morgan fingerprint density at radius 3 is 0.385 bits per heavy atom. The van der Waals surface area contributed by atoms with Crippen molar-refractivity contribution in [3.05, 3.63) is 420 Å². The molecule has 0 unspecified atom stereocenters. The van der Waals surface area contributed by atoms with Gasteiger partial charge < -0.3 is 0 Å². The van der Waals surface area contributed by atoms with Crippen molar-refractivity contribution in [1.29, 1.82) is 0 Å². The average molecular weight is 1740 g/mol. The van der Waals surface area contributed by atoms with Crippen molar-refractivity contribution in [1.82, 2.24) is 0 Å². The molecule has 0 aliphatic rings. The molecule has 0 heterocycles. The van der Waals surface area contributed by atoms with Crippen LogP contribution in [0.15, 0.2) is 364 Å². The van der Waals surface area contributed by atoms with E-state index in [2.05, 4.69) is 433 Å². The summed E-state index contributed by atoms with van der Waals surface area (Å²) < 4.78 is 0. The minimum absolute atomic E-state index is 1.27. The topological polar surface area (TPSA) is 0 Å². The van der Waals surface area contributed by atoms with E-state index < -0.39 is 0 Å². The van der Waals surface area contributed by atoms with Gasteiger partial charge in [-0.15, -0.1) is 0 Å². The van der Waals surface area contributed by atoms with Crippen molar-refractivity contribution >= 4 is 0 Å². The maximum Gasteiger partial charge on any atom is -0.0155 e. The maximum absolute atomic E-state index is 2.28. The Hall–Kier alpha value is -11.7. The summed E-state index contributed by atoms with van der Waals surface area (Å²) in [5, 5.41) is 0. The van der Waals surface area contributed by atoms with Gasteiger partial charge >= 0.3 is 0 Å². The summed E-state index contributed by atoms with van der Waals surface area (Å²) >= 11 is 0. The molecule has 0 fully saturated rings. The first-order chi connectivity index (χ1) is 63.7. The van der Waals surface area contributed by atoms with Crippen molar-refractivity contribution in [2.45, 2.75) is 277 Å². The third kappa shape index (κ3) is 45.5. The van der Waals surface area contributed by atoms with Crippen molar-refractivity contribution in [3.63, 3.8) is 0 Å². The molecule has 0 bridgehead atoms. The van der Waals surface area contributed by atoms with Gasteiger partial charge in [-0.1, -0.05) is 564 Å². The summed E-state index contributed by atoms with van der Waals surface area (Å²) in [6.07, 6.45) is 0. The molecule has 0 spiro atoms. The van der Waals surface area contributed by atoms with Crippen molar-refractivity contribution in [2.24, 2.45) is 0 Å². The van der Waals surface area contributed by atoms with Gasteiger partial charge in [0, 0.05) is 0 Å². The summed E-state index contributed by atoms with van der Waals surface area (Å²) in [4.78, 5) is 0. The molecule has 0 amide bonds. The Morgan fingerprint density at radius 1 is 0.0923 bits per heavy atom. The fourth-order valence-corrected chi connectivity index (χ4v) is 12.8. The van der Waals surface area contributed by atoms with Crippen LogP contribution in [0.25, 0.3) is 111 Å². The number of hydrogen-bond acceptors (Lipinski definition) is 0. The minimum atomic E-state index is 1.27. The summed E-state index contributed by atoms with van der Waals surface area (Å²) in [6, 6.07) is 130. The number of aryl methyl sites for hydroxylation is 10. The van der Waals surface area contributed by atoms with Gasteiger partial charge in [-0.25, -0.2) is 0 Å². The van der Waals surface area contributed by atoms with Gasteiger partial charge in [0.05, 0.1) is 0 Å². The van der Waals surface area contributed by atoms with Gasteiger partial charge in [-0.2, -0.15) is 0 Å². The Kier molecular flexibility index (Phi) is 80.9. The van der Waals surface area contributed by atoms with E-state index in [0.717, 1.165) is 0 Å². The maximum atomic E-state index is 2.28. The first kappa shape index (κ1) is 127. The molecule has 130 heavy (non-hydrogen) atoms. The first-order valence-corrected chi connectivity index (χ1v) is 49.9. The Balaban J connectivity index is -0.000000465. The largest absolute Gasteiger partial charge is 0.0683 e. The smallest absolute Gasteiger partial charge is 0.0155 e. The van der Waals surface area contributed by atoms with E-state index in [0.29, 0.717) is 0 Å². The molecular formula is C130H180. The highest BCUT2D eigenvalue weighted by Gasteiger charge is 2.10. The van der Waals surface area contributed by atoms with Crippen LogP contribution >= 0.6 is 0 Å². The third-order valence-corrected chi connectivity index (χ3v) is 18.5. The minimum Gasteiger partial charge on any atom is -0.0683 e. The van der Waals surface area contributed by atoms with Crippen LogP contribution in [0.5, 0.6) is 0 Å². The van der Waals surface area contributed by atoms with Gasteiger partial charge in [0.1, 0.15) is 0 Å². The predicted molar refractivity (Wildman–Crippen MR) is 604 cm³/mol. The second-order valence-electron chi connectivity index (χ2n) is 26.3. The normalized spacial score (nSPS) is 8.77. The highest BCUT2D eigenvalue weighted by atomic mass is 14.1. The quantitative estimate of drug-likeness (QED) is 0.128. The van der Waals surface area contributed by atoms with Crippen LogP contribution in [-0.2, 0) is 0 Å². The molecule has 0 aliphatic carbocycles. The number of rotatable bonds is 10. The van der Waals surface area contributed by atoms with Gasteiger partial charge in [0.15, 0.2) is 0 Å². The lowest BCUT2D eigenvalue weighted by atomic mass is 9.95. The average Bonchev–Trinajstić information content (AvgIpc) is 0.833. The molecule has 0 aliphatic heterocycles. The Labute approximate surface area is 802 Å². The van der Waals surface area contributed by atoms with Crippen molar-refractivity contribution in [2.75, 3.05) is 0 Å². The van der Waals surface area contributed by atoms with E-state index in [4.69, 9.17) is 0 Å². The molecule has 0 nitrogen and oxygen atoms in total. The lowest BCUT2D eigenvalue weighted by molar-refractivity contribution is 1.44. The monoisotopic (exact) mass is 1740 g/mol. The second-order valence-corrected chi connectivity index (χ2v) is 26.3. The van der Waals surface area contributed by atoms with Crippen LogP contribution in [0.1, 0.15) is 263 Å². The van der Waals surface area contributed by atoms with Gasteiger partial charge in [-0.3, -0.25) is 0 Å². The number of benzene rings is 15. The zero-order valence-corrected chi connectivity index (χ0v) is 89.6. The van der Waals surface area contributed by atoms with E-state index in [1.807, 2.05) is 208 Å². The second kappa shape index (κ2) is 82.9. The highest BCUT2D eigenvalue weighted by molar-refractivity contribution is 5.80. The molecule has 15 aromatic rings. The van der Waals surface area contributed by atoms with Gasteiger partial charge in [-0.05, 0) is 244 Å². The predicted octanol–water partition coefficient (Wildman–Crippen LogP) is 43.6. The van der Waals surface area contributed by atoms with E-state index in [1.54, 1.807) is 0 Å². The summed E-state index contributed by atoms with van der Waals surface area (Å²) in [6.45, 7) is 81.5. The molecule has 0 saturated heterocycles. The van der Waals surface area contributed by atoms with E-state index in [1.165, 1.54) is 167 Å². The van der Waals surface area contributed by atoms with E-state index in [9.17, 15) is 0 Å². The fraction of sp³-hybridized carbons (Fsp3) is 0.308. The fourth-order valence-electron chi connectivity index (χ4n) is 12.8. The SMILES string of the molecule is CC.CC.CC.CC.CC.CC.CC.CC.CC.CC.CC.CC.CC.CC.CC.Cc1ccc(-c2cccc(-c3ccccc3C)c2)cc1.Cc1ccc(-c2cccc(-c3ccccc3C)c2)cc1.Cc1cccc(-c2cccc(-c3ccccc3C)c2)c1.Cc1cccc(-c2cccc(-c3ccccc3C)c2)c1.Cc1ccccc1-c1cccc(-c2ccccc2C)c1. The molecule has 0 radical (unpaired) electrons. The van der Waals surface area contributed by atoms with E-state index >= 15 is 0 Å². The lowest BCUT2D eigenvalue weighted by Gasteiger charge is -2.10. The molecule has 0 heteroatoms. The molecule has 0 saturated carbocycles. The van der Waals surface area contributed by atoms with Crippen molar-refractivity contribution in [3.8, 4) is 111 Å². The van der Waals surface area contributed by atoms with Crippen molar-refractivity contribution < 1.29 is 0 Å². The zero-order chi connectivity index (χ0) is 99.7. The van der Waals surface area contributed by atoms with Crippen LogP contribution in [0.3, 0.4) is 0 Å². The lowest BCUT2D eigenvalue weighted by Crippen LogP contribution is -1.86. The van der Waals surface area contributed by atoms with Crippen LogP contribution in [0.4, 0.5) is 0 Å². The summed E-state index contributed by atoms with van der Waals surface area (Å²) in [5.41, 5.74) is 38.8. The molecule has 0 N–H and O–H groups in total. The van der Waals surface area contributed by atoms with Crippen LogP contribution < -0.4 is 0 Å². The summed E-state index contributed by atoms with van der Waals surface area (Å²) in [5.74, 6) is 0. The van der Waals surface area contributed by atoms with Crippen LogP contribution in [-0.4, -0.2) is 0 Å². The molecule has 0 aromatic heterocycles. The standard InChI is InChI=1S/5C20H18.15C2H6/c1-15-8-3-5-12-19(15)17-10-7-11-18(14-17)20-13-6-4-9-16(20)2;2*1-15-7-5-9-17(13-15)18-10-6-11-19(14-18)20-12-4-3-8-16(20)2;2*1-15-10-12-17(13-11-15)18-7-5-8-19(14-18)20-9-4-3-6-16(20)2;15*1-2/h5*3-14H,1-2H3;15*1-2H3. The highest BCUT2D eigenvalue weighted by Crippen LogP contribution is 2.35. The van der Waals surface area contributed by atoms with Gasteiger partial charge in [0.2, 0.25) is 0 Å². The zero-order valence-electron chi connectivity index (χ0n) is 89.6. The molecular weight excluding hydrogens is 1560 g/mol. The van der Waals surface area contributed by atoms with Gasteiger partial charge in [0.25, 0.3) is 0 Å². The third-order valence-electron chi connectivity index (χ3n) is 18.5. The number of hydrogen-bond donors (Lipinski definition) is 0. The van der Waals surface area contributed by atoms with Crippen LogP contribution in [0, 0.1) is 69.2 Å². The van der Waals surface area contributed by atoms with Crippen LogP contribution in [0.2, 0.25) is 0 Å². The Bertz CT molecular complexity index is 4850.